The predicted molar refractivity (Wildman–Crippen MR) is 88.5 cm³/mol. The minimum Gasteiger partial charge on any atom is -0.343 e. The Morgan fingerprint density at radius 3 is 2.52 bits per heavy atom. The van der Waals surface area contributed by atoms with Crippen molar-refractivity contribution in [1.82, 2.24) is 14.3 Å². The molecule has 1 aromatic carbocycles. The van der Waals surface area contributed by atoms with E-state index in [-0.39, 0.29) is 11.5 Å². The largest absolute Gasteiger partial charge is 0.343 e. The Labute approximate surface area is 138 Å². The average molecular weight is 334 g/mol. The van der Waals surface area contributed by atoms with E-state index < -0.39 is 5.82 Å². The van der Waals surface area contributed by atoms with Gasteiger partial charge in [-0.25, -0.2) is 9.37 Å². The molecule has 1 saturated heterocycles. The first kappa shape index (κ1) is 15.9. The third kappa shape index (κ3) is 3.34. The van der Waals surface area contributed by atoms with Crippen molar-refractivity contribution < 1.29 is 9.18 Å². The molecule has 1 aromatic heterocycles. The van der Waals surface area contributed by atoms with Crippen molar-refractivity contribution in [2.75, 3.05) is 31.1 Å². The van der Waals surface area contributed by atoms with Gasteiger partial charge in [-0.3, -0.25) is 4.79 Å². The Morgan fingerprint density at radius 1 is 1.22 bits per heavy atom. The van der Waals surface area contributed by atoms with E-state index in [0.29, 0.717) is 32.1 Å². The van der Waals surface area contributed by atoms with Crippen LogP contribution in [-0.2, 0) is 0 Å². The second-order valence-electron chi connectivity index (χ2n) is 5.85. The number of anilines is 1. The fourth-order valence-corrected chi connectivity index (χ4v) is 3.35. The molecule has 23 heavy (non-hydrogen) atoms. The minimum absolute atomic E-state index is 0.138. The molecule has 122 valence electrons. The predicted octanol–water partition coefficient (Wildman–Crippen LogP) is 2.76. The molecule has 1 aliphatic heterocycles. The van der Waals surface area contributed by atoms with Crippen molar-refractivity contribution >= 4 is 22.6 Å². The molecule has 0 bridgehead atoms. The molecule has 1 amide bonds. The molecule has 0 saturated carbocycles. The molecular weight excluding hydrogens is 315 g/mol. The average Bonchev–Trinajstić information content (AvgIpc) is 3.05. The summed E-state index contributed by atoms with van der Waals surface area (Å²) in [7, 11) is 0. The normalized spacial score (nSPS) is 15.3. The number of halogens is 1. The Kier molecular flexibility index (Phi) is 4.56. The smallest absolute Gasteiger partial charge is 0.256 e. The number of hydrogen-bond donors (Lipinski definition) is 0. The molecule has 3 rings (SSSR count). The summed E-state index contributed by atoms with van der Waals surface area (Å²) in [6.07, 6.45) is 0. The number of carbonyl (C=O) groups is 1. The molecule has 7 heteroatoms. The van der Waals surface area contributed by atoms with Crippen molar-refractivity contribution in [2.45, 2.75) is 19.8 Å². The first-order chi connectivity index (χ1) is 11.1. The maximum Gasteiger partial charge on any atom is 0.256 e. The standard InChI is InChI=1S/C16H19FN4OS/c1-11(2)14-18-16(23-19-14)21-9-7-20(8-10-21)15(22)12-5-3-4-6-13(12)17/h3-6,11H,7-10H2,1-2H3. The van der Waals surface area contributed by atoms with Gasteiger partial charge in [-0.2, -0.15) is 4.37 Å². The highest BCUT2D eigenvalue weighted by atomic mass is 32.1. The number of hydrogen-bond acceptors (Lipinski definition) is 5. The zero-order valence-corrected chi connectivity index (χ0v) is 14.0. The zero-order valence-electron chi connectivity index (χ0n) is 13.2. The zero-order chi connectivity index (χ0) is 16.4. The van der Waals surface area contributed by atoms with Gasteiger partial charge in [-0.05, 0) is 12.1 Å². The fourth-order valence-electron chi connectivity index (χ4n) is 2.50. The lowest BCUT2D eigenvalue weighted by molar-refractivity contribution is 0.0742. The summed E-state index contributed by atoms with van der Waals surface area (Å²) in [5.41, 5.74) is 0.138. The summed E-state index contributed by atoms with van der Waals surface area (Å²) in [5, 5.41) is 0.895. The highest BCUT2D eigenvalue weighted by Crippen LogP contribution is 2.23. The Balaban J connectivity index is 1.64. The number of aromatic nitrogens is 2. The molecule has 0 aliphatic carbocycles. The van der Waals surface area contributed by atoms with Crippen LogP contribution in [-0.4, -0.2) is 46.3 Å². The third-order valence-electron chi connectivity index (χ3n) is 3.89. The molecule has 0 atom stereocenters. The summed E-state index contributed by atoms with van der Waals surface area (Å²) in [4.78, 5) is 20.8. The second-order valence-corrected chi connectivity index (χ2v) is 6.58. The van der Waals surface area contributed by atoms with E-state index in [0.717, 1.165) is 11.0 Å². The van der Waals surface area contributed by atoms with Crippen molar-refractivity contribution in [1.29, 1.82) is 0 Å². The maximum absolute atomic E-state index is 13.7. The molecule has 1 fully saturated rings. The van der Waals surface area contributed by atoms with Crippen LogP contribution >= 0.6 is 11.5 Å². The lowest BCUT2D eigenvalue weighted by Crippen LogP contribution is -2.49. The van der Waals surface area contributed by atoms with Gasteiger partial charge in [0.05, 0.1) is 5.56 Å². The van der Waals surface area contributed by atoms with Crippen molar-refractivity contribution in [3.63, 3.8) is 0 Å². The number of nitrogens with zero attached hydrogens (tertiary/aromatic N) is 4. The number of benzene rings is 1. The van der Waals surface area contributed by atoms with Gasteiger partial charge in [0.25, 0.3) is 5.91 Å². The molecule has 2 aromatic rings. The maximum atomic E-state index is 13.7. The quantitative estimate of drug-likeness (QED) is 0.866. The van der Waals surface area contributed by atoms with Gasteiger partial charge in [0.1, 0.15) is 11.6 Å². The van der Waals surface area contributed by atoms with Crippen LogP contribution in [0.3, 0.4) is 0 Å². The summed E-state index contributed by atoms with van der Waals surface area (Å²) in [6, 6.07) is 6.12. The third-order valence-corrected chi connectivity index (χ3v) is 4.68. The van der Waals surface area contributed by atoms with Crippen LogP contribution in [0.5, 0.6) is 0 Å². The van der Waals surface area contributed by atoms with Crippen LogP contribution in [0.4, 0.5) is 9.52 Å². The van der Waals surface area contributed by atoms with Crippen molar-refractivity contribution in [3.05, 3.63) is 41.5 Å². The summed E-state index contributed by atoms with van der Waals surface area (Å²) in [5.74, 6) is 0.451. The van der Waals surface area contributed by atoms with E-state index in [4.69, 9.17) is 0 Å². The number of carbonyl (C=O) groups excluding carboxylic acids is 1. The highest BCUT2D eigenvalue weighted by Gasteiger charge is 2.25. The van der Waals surface area contributed by atoms with E-state index in [1.54, 1.807) is 17.0 Å². The number of rotatable bonds is 3. The van der Waals surface area contributed by atoms with Crippen LogP contribution in [0.1, 0.15) is 35.9 Å². The summed E-state index contributed by atoms with van der Waals surface area (Å²) in [6.45, 7) is 6.63. The van der Waals surface area contributed by atoms with Crippen molar-refractivity contribution in [3.8, 4) is 0 Å². The molecule has 5 nitrogen and oxygen atoms in total. The first-order valence-corrected chi connectivity index (χ1v) is 8.46. The highest BCUT2D eigenvalue weighted by molar-refractivity contribution is 7.09. The molecule has 0 N–H and O–H groups in total. The summed E-state index contributed by atoms with van der Waals surface area (Å²) < 4.78 is 18.1. The topological polar surface area (TPSA) is 49.3 Å². The Bertz CT molecular complexity index is 695. The lowest BCUT2D eigenvalue weighted by Gasteiger charge is -2.34. The van der Waals surface area contributed by atoms with Crippen LogP contribution in [0.25, 0.3) is 0 Å². The molecule has 0 spiro atoms. The van der Waals surface area contributed by atoms with Gasteiger partial charge >= 0.3 is 0 Å². The van der Waals surface area contributed by atoms with Gasteiger partial charge in [0.15, 0.2) is 0 Å². The van der Waals surface area contributed by atoms with Crippen LogP contribution < -0.4 is 4.90 Å². The Hall–Kier alpha value is -2.02. The first-order valence-electron chi connectivity index (χ1n) is 7.68. The van der Waals surface area contributed by atoms with Crippen LogP contribution in [0.2, 0.25) is 0 Å². The summed E-state index contributed by atoms with van der Waals surface area (Å²) >= 11 is 1.39. The van der Waals surface area contributed by atoms with E-state index >= 15 is 0 Å². The molecule has 2 heterocycles. The van der Waals surface area contributed by atoms with Crippen LogP contribution in [0, 0.1) is 5.82 Å². The molecule has 1 aliphatic rings. The monoisotopic (exact) mass is 334 g/mol. The Morgan fingerprint density at radius 2 is 1.91 bits per heavy atom. The van der Waals surface area contributed by atoms with E-state index in [9.17, 15) is 9.18 Å². The lowest BCUT2D eigenvalue weighted by atomic mass is 10.1. The minimum atomic E-state index is -0.467. The van der Waals surface area contributed by atoms with E-state index in [2.05, 4.69) is 28.1 Å². The van der Waals surface area contributed by atoms with Crippen LogP contribution in [0.15, 0.2) is 24.3 Å². The van der Waals surface area contributed by atoms with Gasteiger partial charge in [0.2, 0.25) is 5.13 Å². The second kappa shape index (κ2) is 6.62. The fraction of sp³-hybridized carbons (Fsp3) is 0.438. The molecule has 0 radical (unpaired) electrons. The van der Waals surface area contributed by atoms with E-state index in [1.165, 1.54) is 23.7 Å². The number of amides is 1. The SMILES string of the molecule is CC(C)c1nsc(N2CCN(C(=O)c3ccccc3F)CC2)n1. The number of piperazine rings is 1. The van der Waals surface area contributed by atoms with Gasteiger partial charge in [-0.15, -0.1) is 0 Å². The van der Waals surface area contributed by atoms with Gasteiger partial charge in [-0.1, -0.05) is 26.0 Å². The molecule has 0 unspecified atom stereocenters. The molecular formula is C16H19FN4OS. The van der Waals surface area contributed by atoms with Crippen molar-refractivity contribution in [2.24, 2.45) is 0 Å². The van der Waals surface area contributed by atoms with Gasteiger partial charge in [0, 0.05) is 43.6 Å². The van der Waals surface area contributed by atoms with Gasteiger partial charge < -0.3 is 9.80 Å². The van der Waals surface area contributed by atoms with E-state index in [1.807, 2.05) is 0 Å².